The van der Waals surface area contributed by atoms with Crippen molar-refractivity contribution in [2.75, 3.05) is 7.11 Å². The third-order valence-electron chi connectivity index (χ3n) is 3.41. The zero-order valence-electron chi connectivity index (χ0n) is 11.5. The maximum atomic E-state index is 11.2. The summed E-state index contributed by atoms with van der Waals surface area (Å²) in [6.07, 6.45) is 2.57. The van der Waals surface area contributed by atoms with Gasteiger partial charge in [0.2, 0.25) is 0 Å². The number of esters is 1. The van der Waals surface area contributed by atoms with Gasteiger partial charge in [-0.2, -0.15) is 0 Å². The Morgan fingerprint density at radius 1 is 1.33 bits per heavy atom. The minimum Gasteiger partial charge on any atom is -0.468 e. The number of hydrogen-bond donors (Lipinski definition) is 1. The van der Waals surface area contributed by atoms with E-state index in [2.05, 4.69) is 42.8 Å². The van der Waals surface area contributed by atoms with Crippen LogP contribution in [0.3, 0.4) is 0 Å². The first-order valence-corrected chi connectivity index (χ1v) is 6.50. The first-order chi connectivity index (χ1) is 8.58. The number of ether oxygens (including phenoxy) is 1. The molecule has 2 N–H and O–H groups in total. The van der Waals surface area contributed by atoms with Crippen LogP contribution >= 0.6 is 0 Å². The highest BCUT2D eigenvalue weighted by molar-refractivity contribution is 5.75. The van der Waals surface area contributed by atoms with Gasteiger partial charge in [0, 0.05) is 0 Å². The first kappa shape index (κ1) is 14.7. The molecule has 3 nitrogen and oxygen atoms in total. The molecule has 0 saturated heterocycles. The molecule has 1 aromatic rings. The van der Waals surface area contributed by atoms with Gasteiger partial charge in [-0.25, -0.2) is 0 Å². The van der Waals surface area contributed by atoms with Crippen LogP contribution < -0.4 is 5.73 Å². The smallest absolute Gasteiger partial charge is 0.322 e. The summed E-state index contributed by atoms with van der Waals surface area (Å²) < 4.78 is 4.60. The van der Waals surface area contributed by atoms with Gasteiger partial charge < -0.3 is 10.5 Å². The van der Waals surface area contributed by atoms with Gasteiger partial charge in [-0.1, -0.05) is 38.1 Å². The zero-order valence-corrected chi connectivity index (χ0v) is 11.5. The van der Waals surface area contributed by atoms with Crippen LogP contribution in [0.15, 0.2) is 24.3 Å². The van der Waals surface area contributed by atoms with E-state index in [4.69, 9.17) is 5.73 Å². The van der Waals surface area contributed by atoms with Crippen LogP contribution in [0.4, 0.5) is 0 Å². The summed E-state index contributed by atoms with van der Waals surface area (Å²) in [7, 11) is 1.36. The number of carbonyl (C=O) groups excluding carboxylic acids is 1. The highest BCUT2D eigenvalue weighted by Gasteiger charge is 2.13. The molecule has 0 amide bonds. The van der Waals surface area contributed by atoms with Crippen molar-refractivity contribution in [3.63, 3.8) is 0 Å². The van der Waals surface area contributed by atoms with Crippen molar-refractivity contribution >= 4 is 5.97 Å². The summed E-state index contributed by atoms with van der Waals surface area (Å²) in [5.74, 6) is 0.252. The van der Waals surface area contributed by atoms with Crippen molar-refractivity contribution in [2.24, 2.45) is 5.73 Å². The lowest BCUT2D eigenvalue weighted by atomic mass is 9.96. The summed E-state index contributed by atoms with van der Waals surface area (Å²) in [4.78, 5) is 11.2. The fourth-order valence-electron chi connectivity index (χ4n) is 1.84. The lowest BCUT2D eigenvalue weighted by molar-refractivity contribution is -0.142. The summed E-state index contributed by atoms with van der Waals surface area (Å²) >= 11 is 0. The molecule has 0 saturated carbocycles. The number of aryl methyl sites for hydroxylation is 1. The average Bonchev–Trinajstić information content (AvgIpc) is 2.43. The lowest BCUT2D eigenvalue weighted by Crippen LogP contribution is -2.31. The van der Waals surface area contributed by atoms with Crippen LogP contribution in [-0.4, -0.2) is 19.1 Å². The van der Waals surface area contributed by atoms with E-state index in [0.29, 0.717) is 12.3 Å². The van der Waals surface area contributed by atoms with Gasteiger partial charge in [0.25, 0.3) is 0 Å². The molecular weight excluding hydrogens is 226 g/mol. The van der Waals surface area contributed by atoms with Gasteiger partial charge in [0.1, 0.15) is 6.04 Å². The fourth-order valence-corrected chi connectivity index (χ4v) is 1.84. The molecule has 1 rings (SSSR count). The zero-order chi connectivity index (χ0) is 13.5. The maximum Gasteiger partial charge on any atom is 0.322 e. The van der Waals surface area contributed by atoms with Gasteiger partial charge >= 0.3 is 5.97 Å². The number of carbonyl (C=O) groups is 1. The summed E-state index contributed by atoms with van der Waals surface area (Å²) in [5.41, 5.74) is 8.27. The highest BCUT2D eigenvalue weighted by atomic mass is 16.5. The van der Waals surface area contributed by atoms with Crippen LogP contribution in [0.2, 0.25) is 0 Å². The normalized spacial score (nSPS) is 14.0. The van der Waals surface area contributed by atoms with Crippen molar-refractivity contribution in [2.45, 2.75) is 45.1 Å². The van der Waals surface area contributed by atoms with Crippen molar-refractivity contribution in [3.05, 3.63) is 35.4 Å². The minimum absolute atomic E-state index is 0.341. The van der Waals surface area contributed by atoms with Crippen molar-refractivity contribution in [1.82, 2.24) is 0 Å². The molecule has 100 valence electrons. The summed E-state index contributed by atoms with van der Waals surface area (Å²) in [6.45, 7) is 4.41. The molecule has 0 spiro atoms. The van der Waals surface area contributed by atoms with Crippen LogP contribution in [0.1, 0.15) is 43.7 Å². The van der Waals surface area contributed by atoms with Crippen LogP contribution in [0, 0.1) is 0 Å². The molecule has 0 aliphatic heterocycles. The Bertz CT molecular complexity index is 373. The summed E-state index contributed by atoms with van der Waals surface area (Å²) in [6, 6.07) is 8.03. The second-order valence-corrected chi connectivity index (χ2v) is 4.72. The van der Waals surface area contributed by atoms with Gasteiger partial charge in [-0.15, -0.1) is 0 Å². The average molecular weight is 249 g/mol. The largest absolute Gasteiger partial charge is 0.468 e. The number of benzene rings is 1. The molecule has 1 aromatic carbocycles. The number of rotatable bonds is 6. The molecule has 0 heterocycles. The van der Waals surface area contributed by atoms with Crippen LogP contribution in [0.5, 0.6) is 0 Å². The highest BCUT2D eigenvalue weighted by Crippen LogP contribution is 2.19. The molecule has 0 bridgehead atoms. The fraction of sp³-hybridized carbons (Fsp3) is 0.533. The topological polar surface area (TPSA) is 52.3 Å². The molecule has 0 aliphatic carbocycles. The van der Waals surface area contributed by atoms with E-state index in [1.807, 2.05) is 0 Å². The van der Waals surface area contributed by atoms with E-state index in [-0.39, 0.29) is 5.97 Å². The van der Waals surface area contributed by atoms with E-state index in [1.165, 1.54) is 18.2 Å². The van der Waals surface area contributed by atoms with E-state index < -0.39 is 6.04 Å². The van der Waals surface area contributed by atoms with Gasteiger partial charge in [0.05, 0.1) is 7.11 Å². The molecule has 0 radical (unpaired) electrons. The van der Waals surface area contributed by atoms with Crippen LogP contribution in [0.25, 0.3) is 0 Å². The second-order valence-electron chi connectivity index (χ2n) is 4.72. The van der Waals surface area contributed by atoms with Gasteiger partial charge in [-0.05, 0) is 36.3 Å². The van der Waals surface area contributed by atoms with E-state index >= 15 is 0 Å². The third kappa shape index (κ3) is 4.15. The van der Waals surface area contributed by atoms with Crippen molar-refractivity contribution < 1.29 is 9.53 Å². The SMILES string of the molecule is CCC(C)c1ccc(CCC(N)C(=O)OC)cc1. The third-order valence-corrected chi connectivity index (χ3v) is 3.41. The Morgan fingerprint density at radius 2 is 1.94 bits per heavy atom. The number of methoxy groups -OCH3 is 1. The predicted octanol–water partition coefficient (Wildman–Crippen LogP) is 2.63. The quantitative estimate of drug-likeness (QED) is 0.788. The Hall–Kier alpha value is -1.35. The molecule has 0 aromatic heterocycles. The van der Waals surface area contributed by atoms with E-state index in [9.17, 15) is 4.79 Å². The molecule has 2 atom stereocenters. The molecule has 0 aliphatic rings. The number of hydrogen-bond acceptors (Lipinski definition) is 3. The first-order valence-electron chi connectivity index (χ1n) is 6.50. The van der Waals surface area contributed by atoms with Crippen molar-refractivity contribution in [3.8, 4) is 0 Å². The molecule has 2 unspecified atom stereocenters. The lowest BCUT2D eigenvalue weighted by Gasteiger charge is -2.11. The van der Waals surface area contributed by atoms with Crippen LogP contribution in [-0.2, 0) is 16.0 Å². The van der Waals surface area contributed by atoms with Gasteiger partial charge in [-0.3, -0.25) is 4.79 Å². The minimum atomic E-state index is -0.524. The Labute approximate surface area is 109 Å². The predicted molar refractivity (Wildman–Crippen MR) is 73.5 cm³/mol. The molecule has 18 heavy (non-hydrogen) atoms. The monoisotopic (exact) mass is 249 g/mol. The van der Waals surface area contributed by atoms with E-state index in [1.54, 1.807) is 0 Å². The number of nitrogens with two attached hydrogens (primary N) is 1. The molecule has 0 fully saturated rings. The van der Waals surface area contributed by atoms with E-state index in [0.717, 1.165) is 12.8 Å². The molecule has 3 heteroatoms. The Balaban J connectivity index is 2.51. The van der Waals surface area contributed by atoms with Gasteiger partial charge in [0.15, 0.2) is 0 Å². The standard InChI is InChI=1S/C15H23NO2/c1-4-11(2)13-8-5-12(6-9-13)7-10-14(16)15(17)18-3/h5-6,8-9,11,14H,4,7,10,16H2,1-3H3. The summed E-state index contributed by atoms with van der Waals surface area (Å²) in [5, 5.41) is 0. The maximum absolute atomic E-state index is 11.2. The second kappa shape index (κ2) is 7.17. The Kier molecular flexibility index (Phi) is 5.86. The Morgan fingerprint density at radius 3 is 2.44 bits per heavy atom. The molecular formula is C15H23NO2. The van der Waals surface area contributed by atoms with Crippen molar-refractivity contribution in [1.29, 1.82) is 0 Å².